The summed E-state index contributed by atoms with van der Waals surface area (Å²) in [6.45, 7) is 3.56. The van der Waals surface area contributed by atoms with Gasteiger partial charge in [-0.2, -0.15) is 15.0 Å². The first-order valence-electron chi connectivity index (χ1n) is 8.43. The van der Waals surface area contributed by atoms with Crippen molar-refractivity contribution in [1.82, 2.24) is 19.7 Å². The maximum absolute atomic E-state index is 13.0. The first-order valence-corrected chi connectivity index (χ1v) is 8.43. The minimum absolute atomic E-state index is 0.197. The highest BCUT2D eigenvalue weighted by Gasteiger charge is 2.19. The van der Waals surface area contributed by atoms with Crippen LogP contribution in [0.25, 0.3) is 27.8 Å². The monoisotopic (exact) mass is 353 g/mol. The van der Waals surface area contributed by atoms with Crippen molar-refractivity contribution < 1.29 is 0 Å². The number of fused-ring (bicyclic) bond motifs is 1. The number of hydrogen-bond acceptors (Lipinski definition) is 5. The second-order valence-electron chi connectivity index (χ2n) is 6.14. The molecule has 0 radical (unpaired) electrons. The van der Waals surface area contributed by atoms with E-state index < -0.39 is 0 Å². The maximum atomic E-state index is 13.0. The van der Waals surface area contributed by atoms with Crippen LogP contribution in [0.2, 0.25) is 0 Å². The van der Waals surface area contributed by atoms with Crippen LogP contribution in [0.15, 0.2) is 59.4 Å². The average molecular weight is 353 g/mol. The molecule has 0 atom stereocenters. The number of hydrogen-bond donors (Lipinski definition) is 0. The summed E-state index contributed by atoms with van der Waals surface area (Å²) in [6, 6.07) is 18.8. The van der Waals surface area contributed by atoms with Crippen LogP contribution in [0.1, 0.15) is 17.1 Å². The molecule has 0 aliphatic rings. The summed E-state index contributed by atoms with van der Waals surface area (Å²) in [5.41, 5.74) is 1.86. The van der Waals surface area contributed by atoms with Gasteiger partial charge in [0.2, 0.25) is 0 Å². The fourth-order valence-corrected chi connectivity index (χ4v) is 3.11. The topological polar surface area (TPSA) is 84.5 Å². The Balaban J connectivity index is 2.08. The molecule has 0 saturated heterocycles. The summed E-state index contributed by atoms with van der Waals surface area (Å²) in [6.07, 6.45) is 0. The number of aromatic nitrogens is 4. The van der Waals surface area contributed by atoms with Crippen LogP contribution >= 0.6 is 0 Å². The highest BCUT2D eigenvalue weighted by molar-refractivity contribution is 5.83. The molecule has 0 aliphatic heterocycles. The molecule has 130 valence electrons. The summed E-state index contributed by atoms with van der Waals surface area (Å²) in [7, 11) is 0. The van der Waals surface area contributed by atoms with Crippen molar-refractivity contribution in [3.63, 3.8) is 0 Å². The lowest BCUT2D eigenvalue weighted by Gasteiger charge is -2.12. The summed E-state index contributed by atoms with van der Waals surface area (Å²) in [4.78, 5) is 21.9. The Morgan fingerprint density at radius 3 is 2.30 bits per heavy atom. The Morgan fingerprint density at radius 1 is 0.926 bits per heavy atom. The van der Waals surface area contributed by atoms with E-state index in [1.807, 2.05) is 49.4 Å². The number of rotatable bonds is 2. The molecule has 4 aromatic rings. The summed E-state index contributed by atoms with van der Waals surface area (Å²) >= 11 is 0. The van der Waals surface area contributed by atoms with Gasteiger partial charge in [0.25, 0.3) is 5.56 Å². The van der Waals surface area contributed by atoms with Crippen molar-refractivity contribution in [1.29, 1.82) is 5.26 Å². The smallest absolute Gasteiger partial charge is 0.267 e. The molecule has 2 aromatic heterocycles. The SMILES string of the molecule is Cc1nc(-c2ccccc2)c(C#N)c(-n2nc(C)c3ccccc3c2=O)n1. The molecular weight excluding hydrogens is 338 g/mol. The zero-order chi connectivity index (χ0) is 19.0. The van der Waals surface area contributed by atoms with Gasteiger partial charge in [-0.05, 0) is 19.9 Å². The number of benzene rings is 2. The second-order valence-corrected chi connectivity index (χ2v) is 6.14. The predicted molar refractivity (Wildman–Crippen MR) is 103 cm³/mol. The summed E-state index contributed by atoms with van der Waals surface area (Å²) in [5, 5.41) is 15.5. The lowest BCUT2D eigenvalue weighted by atomic mass is 10.1. The van der Waals surface area contributed by atoms with Crippen molar-refractivity contribution in [2.24, 2.45) is 0 Å². The Bertz CT molecular complexity index is 1270. The standard InChI is InChI=1S/C21H15N5O/c1-13-16-10-6-7-11-17(16)21(27)26(25-13)20-18(12-22)19(23-14(2)24-20)15-8-4-3-5-9-15/h3-11H,1-2H3. The first-order chi connectivity index (χ1) is 13.1. The van der Waals surface area contributed by atoms with E-state index in [1.54, 1.807) is 19.1 Å². The third-order valence-electron chi connectivity index (χ3n) is 4.35. The van der Waals surface area contributed by atoms with E-state index in [1.165, 1.54) is 4.68 Å². The van der Waals surface area contributed by atoms with Gasteiger partial charge in [-0.15, -0.1) is 0 Å². The molecule has 0 bridgehead atoms. The third-order valence-corrected chi connectivity index (χ3v) is 4.35. The van der Waals surface area contributed by atoms with Crippen LogP contribution in [0.5, 0.6) is 0 Å². The van der Waals surface area contributed by atoms with Crippen LogP contribution in [0.3, 0.4) is 0 Å². The fraction of sp³-hybridized carbons (Fsp3) is 0.0952. The molecule has 4 rings (SSSR count). The van der Waals surface area contributed by atoms with E-state index in [0.29, 0.717) is 22.6 Å². The van der Waals surface area contributed by atoms with E-state index in [4.69, 9.17) is 0 Å². The van der Waals surface area contributed by atoms with Gasteiger partial charge in [0, 0.05) is 10.9 Å². The molecule has 0 amide bonds. The number of nitriles is 1. The van der Waals surface area contributed by atoms with Crippen molar-refractivity contribution in [2.45, 2.75) is 13.8 Å². The average Bonchev–Trinajstić information content (AvgIpc) is 2.71. The zero-order valence-corrected chi connectivity index (χ0v) is 14.8. The van der Waals surface area contributed by atoms with Crippen molar-refractivity contribution >= 4 is 10.8 Å². The fourth-order valence-electron chi connectivity index (χ4n) is 3.11. The molecule has 2 heterocycles. The van der Waals surface area contributed by atoms with Gasteiger partial charge in [0.1, 0.15) is 17.5 Å². The van der Waals surface area contributed by atoms with Crippen LogP contribution in [0, 0.1) is 25.2 Å². The molecule has 0 spiro atoms. The molecule has 6 nitrogen and oxygen atoms in total. The summed E-state index contributed by atoms with van der Waals surface area (Å²) < 4.78 is 1.21. The van der Waals surface area contributed by atoms with Gasteiger partial charge in [0.05, 0.1) is 16.8 Å². The number of aryl methyl sites for hydroxylation is 2. The molecule has 0 saturated carbocycles. The Kier molecular flexibility index (Phi) is 3.98. The molecule has 27 heavy (non-hydrogen) atoms. The highest BCUT2D eigenvalue weighted by Crippen LogP contribution is 2.25. The second kappa shape index (κ2) is 6.46. The van der Waals surface area contributed by atoms with Crippen LogP contribution in [-0.4, -0.2) is 19.7 Å². The van der Waals surface area contributed by atoms with E-state index in [2.05, 4.69) is 21.1 Å². The van der Waals surface area contributed by atoms with Gasteiger partial charge < -0.3 is 0 Å². The van der Waals surface area contributed by atoms with Crippen LogP contribution in [-0.2, 0) is 0 Å². The molecule has 0 unspecified atom stereocenters. The quantitative estimate of drug-likeness (QED) is 0.552. The van der Waals surface area contributed by atoms with Gasteiger partial charge in [-0.1, -0.05) is 48.5 Å². The minimum atomic E-state index is -0.315. The summed E-state index contributed by atoms with van der Waals surface area (Å²) in [5.74, 6) is 0.657. The van der Waals surface area contributed by atoms with Crippen LogP contribution < -0.4 is 5.56 Å². The van der Waals surface area contributed by atoms with E-state index >= 15 is 0 Å². The van der Waals surface area contributed by atoms with Gasteiger partial charge in [0.15, 0.2) is 5.82 Å². The van der Waals surface area contributed by atoms with Gasteiger partial charge >= 0.3 is 0 Å². The molecule has 0 N–H and O–H groups in total. The molecule has 2 aromatic carbocycles. The molecular formula is C21H15N5O. The largest absolute Gasteiger partial charge is 0.280 e. The lowest BCUT2D eigenvalue weighted by molar-refractivity contribution is 0.764. The number of nitrogens with zero attached hydrogens (tertiary/aromatic N) is 5. The van der Waals surface area contributed by atoms with E-state index in [9.17, 15) is 10.1 Å². The first kappa shape index (κ1) is 16.6. The predicted octanol–water partition coefficient (Wildman–Crippen LogP) is 3.33. The Labute approximate surface area is 155 Å². The zero-order valence-electron chi connectivity index (χ0n) is 14.8. The van der Waals surface area contributed by atoms with Crippen molar-refractivity contribution in [3.8, 4) is 23.1 Å². The van der Waals surface area contributed by atoms with E-state index in [0.717, 1.165) is 10.9 Å². The highest BCUT2D eigenvalue weighted by atomic mass is 16.1. The minimum Gasteiger partial charge on any atom is -0.267 e. The van der Waals surface area contributed by atoms with Crippen molar-refractivity contribution in [2.75, 3.05) is 0 Å². The third kappa shape index (κ3) is 2.75. The van der Waals surface area contributed by atoms with Gasteiger partial charge in [-0.3, -0.25) is 4.79 Å². The van der Waals surface area contributed by atoms with E-state index in [-0.39, 0.29) is 16.9 Å². The lowest BCUT2D eigenvalue weighted by Crippen LogP contribution is -2.25. The maximum Gasteiger partial charge on any atom is 0.280 e. The van der Waals surface area contributed by atoms with Gasteiger partial charge in [-0.25, -0.2) is 9.97 Å². The Hall–Kier alpha value is -3.85. The molecule has 0 fully saturated rings. The van der Waals surface area contributed by atoms with Crippen LogP contribution in [0.4, 0.5) is 0 Å². The molecule has 6 heteroatoms. The normalized spacial score (nSPS) is 10.7. The Morgan fingerprint density at radius 2 is 1.59 bits per heavy atom. The van der Waals surface area contributed by atoms with Crippen molar-refractivity contribution in [3.05, 3.63) is 82.0 Å². The molecule has 0 aliphatic carbocycles.